The van der Waals surface area contributed by atoms with Crippen molar-refractivity contribution in [1.29, 1.82) is 0 Å². The average Bonchev–Trinajstić information content (AvgIpc) is 4.10. The van der Waals surface area contributed by atoms with E-state index in [1.807, 2.05) is 11.3 Å². The summed E-state index contributed by atoms with van der Waals surface area (Å²) in [5, 5.41) is 12.6. The second kappa shape index (κ2) is 16.2. The Kier molecular flexibility index (Phi) is 9.13. The first kappa shape index (κ1) is 40.6. The van der Waals surface area contributed by atoms with Crippen LogP contribution in [0.2, 0.25) is 0 Å². The number of para-hydroxylation sites is 3. The molecule has 0 radical (unpaired) electrons. The van der Waals surface area contributed by atoms with Gasteiger partial charge in [-0.2, -0.15) is 0 Å². The van der Waals surface area contributed by atoms with Gasteiger partial charge in [-0.1, -0.05) is 152 Å². The fourth-order valence-electron chi connectivity index (χ4n) is 11.5. The van der Waals surface area contributed by atoms with Crippen LogP contribution in [0.4, 0.5) is 17.1 Å². The van der Waals surface area contributed by atoms with Gasteiger partial charge < -0.3 is 14.0 Å². The third-order valence-electron chi connectivity index (χ3n) is 14.8. The second-order valence-electron chi connectivity index (χ2n) is 18.9. The summed E-state index contributed by atoms with van der Waals surface area (Å²) in [5.74, 6) is 0. The lowest BCUT2D eigenvalue weighted by atomic mass is 9.97. The van der Waals surface area contributed by atoms with Gasteiger partial charge >= 0.3 is 0 Å². The van der Waals surface area contributed by atoms with Crippen LogP contribution in [0.5, 0.6) is 0 Å². The molecule has 15 aromatic rings. The van der Waals surface area contributed by atoms with E-state index in [0.29, 0.717) is 0 Å². The first-order valence-corrected chi connectivity index (χ1v) is 25.5. The molecule has 0 fully saturated rings. The fraction of sp³-hybridized carbons (Fsp3) is 0. The molecule has 0 N–H and O–H groups in total. The van der Waals surface area contributed by atoms with Crippen LogP contribution in [0.3, 0.4) is 0 Å². The molecule has 3 nitrogen and oxygen atoms in total. The van der Waals surface area contributed by atoms with E-state index >= 15 is 0 Å². The van der Waals surface area contributed by atoms with E-state index in [2.05, 4.69) is 275 Å². The fourth-order valence-corrected chi connectivity index (χ4v) is 12.6. The minimum absolute atomic E-state index is 1.09. The number of hydrogen-bond donors (Lipinski definition) is 0. The van der Waals surface area contributed by atoms with Gasteiger partial charge in [0.2, 0.25) is 0 Å². The molecule has 12 aromatic carbocycles. The molecule has 0 aliphatic heterocycles. The van der Waals surface area contributed by atoms with Gasteiger partial charge in [-0.25, -0.2) is 0 Å². The highest BCUT2D eigenvalue weighted by molar-refractivity contribution is 7.25. The van der Waals surface area contributed by atoms with Crippen molar-refractivity contribution in [2.45, 2.75) is 0 Å². The zero-order valence-corrected chi connectivity index (χ0v) is 39.9. The van der Waals surface area contributed by atoms with Crippen LogP contribution in [0.25, 0.3) is 119 Å². The van der Waals surface area contributed by atoms with Gasteiger partial charge in [0.05, 0.1) is 22.1 Å². The van der Waals surface area contributed by atoms with Crippen molar-refractivity contribution in [3.8, 4) is 33.6 Å². The Morgan fingerprint density at radius 2 is 0.847 bits per heavy atom. The third kappa shape index (κ3) is 6.43. The lowest BCUT2D eigenvalue weighted by molar-refractivity contribution is 1.17. The average molecular weight is 934 g/mol. The Balaban J connectivity index is 0.814. The molecular weight excluding hydrogens is 891 g/mol. The van der Waals surface area contributed by atoms with Crippen LogP contribution in [0, 0.1) is 0 Å². The lowest BCUT2D eigenvalue weighted by Crippen LogP contribution is -2.10. The Hall–Kier alpha value is -9.22. The number of rotatable bonds is 7. The first-order chi connectivity index (χ1) is 35.7. The van der Waals surface area contributed by atoms with E-state index in [1.54, 1.807) is 0 Å². The quantitative estimate of drug-likeness (QED) is 0.155. The topological polar surface area (TPSA) is 13.1 Å². The van der Waals surface area contributed by atoms with E-state index in [-0.39, 0.29) is 0 Å². The van der Waals surface area contributed by atoms with Crippen molar-refractivity contribution in [2.75, 3.05) is 4.90 Å². The molecule has 3 heterocycles. The summed E-state index contributed by atoms with van der Waals surface area (Å²) in [6.07, 6.45) is 0. The summed E-state index contributed by atoms with van der Waals surface area (Å²) < 4.78 is 7.50. The van der Waals surface area contributed by atoms with Gasteiger partial charge in [0.25, 0.3) is 0 Å². The minimum Gasteiger partial charge on any atom is -0.310 e. The molecule has 4 heteroatoms. The van der Waals surface area contributed by atoms with Crippen LogP contribution < -0.4 is 4.90 Å². The van der Waals surface area contributed by atoms with Gasteiger partial charge in [0, 0.05) is 75.5 Å². The summed E-state index contributed by atoms with van der Waals surface area (Å²) in [4.78, 5) is 2.37. The lowest BCUT2D eigenvalue weighted by Gasteiger charge is -2.26. The van der Waals surface area contributed by atoms with Crippen molar-refractivity contribution >= 4 is 114 Å². The van der Waals surface area contributed by atoms with Crippen LogP contribution >= 0.6 is 11.3 Å². The molecule has 72 heavy (non-hydrogen) atoms. The molecule has 0 atom stereocenters. The highest BCUT2D eigenvalue weighted by atomic mass is 32.1. The smallest absolute Gasteiger partial charge is 0.0619 e. The highest BCUT2D eigenvalue weighted by Crippen LogP contribution is 2.44. The second-order valence-corrected chi connectivity index (χ2v) is 20.0. The standard InChI is InChI=1S/C68H43N3S/c1-2-17-51(18-3-1)71-65-38-29-49(41-61(65)59-37-28-50-42-67-62(43-60(50)68(59)71)58-21-8-11-24-66(58)72-67)47-16-12-15-46(39-47)45-25-30-52(31-26-45)69(55-32-27-44-13-4-5-14-48(44)40-55)53-33-35-54(36-34-53)70-63-22-9-6-19-56(63)57-20-7-10-23-64(57)70/h1-43H. The van der Waals surface area contributed by atoms with Crippen LogP contribution in [-0.2, 0) is 0 Å². The molecular formula is C68H43N3S. The minimum atomic E-state index is 1.09. The number of anilines is 3. The first-order valence-electron chi connectivity index (χ1n) is 24.6. The molecule has 0 spiro atoms. The van der Waals surface area contributed by atoms with Crippen molar-refractivity contribution in [3.63, 3.8) is 0 Å². The predicted molar refractivity (Wildman–Crippen MR) is 309 cm³/mol. The molecule has 0 saturated carbocycles. The monoisotopic (exact) mass is 933 g/mol. The number of thiophene rings is 1. The maximum absolute atomic E-state index is 2.47. The van der Waals surface area contributed by atoms with Gasteiger partial charge in [0.1, 0.15) is 0 Å². The van der Waals surface area contributed by atoms with Gasteiger partial charge in [-0.05, 0) is 148 Å². The summed E-state index contributed by atoms with van der Waals surface area (Å²) in [6.45, 7) is 0. The Morgan fingerprint density at radius 3 is 1.62 bits per heavy atom. The van der Waals surface area contributed by atoms with E-state index in [4.69, 9.17) is 0 Å². The van der Waals surface area contributed by atoms with E-state index in [1.165, 1.54) is 108 Å². The van der Waals surface area contributed by atoms with E-state index in [0.717, 1.165) is 28.4 Å². The summed E-state index contributed by atoms with van der Waals surface area (Å²) in [7, 11) is 0. The Labute approximate surface area is 419 Å². The Morgan fingerprint density at radius 1 is 0.264 bits per heavy atom. The number of fused-ring (bicyclic) bond motifs is 12. The van der Waals surface area contributed by atoms with E-state index < -0.39 is 0 Å². The largest absolute Gasteiger partial charge is 0.310 e. The van der Waals surface area contributed by atoms with Crippen molar-refractivity contribution in [3.05, 3.63) is 261 Å². The number of hydrogen-bond acceptors (Lipinski definition) is 2. The van der Waals surface area contributed by atoms with Crippen LogP contribution in [0.1, 0.15) is 0 Å². The molecule has 0 unspecified atom stereocenters. The van der Waals surface area contributed by atoms with Gasteiger partial charge in [-0.15, -0.1) is 11.3 Å². The highest BCUT2D eigenvalue weighted by Gasteiger charge is 2.20. The number of nitrogens with zero attached hydrogens (tertiary/aromatic N) is 3. The van der Waals surface area contributed by atoms with Crippen LogP contribution in [0.15, 0.2) is 261 Å². The van der Waals surface area contributed by atoms with Crippen LogP contribution in [-0.4, -0.2) is 9.13 Å². The molecule has 15 rings (SSSR count). The molecule has 0 saturated heterocycles. The molecule has 3 aromatic heterocycles. The molecule has 336 valence electrons. The van der Waals surface area contributed by atoms with Gasteiger partial charge in [-0.3, -0.25) is 0 Å². The SMILES string of the molecule is c1ccc(-n2c3ccc(-c4cccc(-c5ccc(N(c6ccc(-n7c8ccccc8c8ccccc87)cc6)c6ccc7ccccc7c6)cc5)c4)cc3c3ccc4cc5sc6ccccc6c5cc4c32)cc1. The van der Waals surface area contributed by atoms with Gasteiger partial charge in [0.15, 0.2) is 0 Å². The number of aromatic nitrogens is 2. The molecule has 0 bridgehead atoms. The third-order valence-corrected chi connectivity index (χ3v) is 16.0. The maximum Gasteiger partial charge on any atom is 0.0619 e. The van der Waals surface area contributed by atoms with Crippen molar-refractivity contribution < 1.29 is 0 Å². The van der Waals surface area contributed by atoms with Crippen molar-refractivity contribution in [2.24, 2.45) is 0 Å². The zero-order valence-electron chi connectivity index (χ0n) is 39.1. The molecule has 0 aliphatic rings. The molecule has 0 amide bonds. The predicted octanol–water partition coefficient (Wildman–Crippen LogP) is 19.4. The maximum atomic E-state index is 2.47. The Bertz CT molecular complexity index is 4560. The molecule has 0 aliphatic carbocycles. The normalized spacial score (nSPS) is 11.9. The summed E-state index contributed by atoms with van der Waals surface area (Å²) >= 11 is 1.88. The number of benzene rings is 12. The van der Waals surface area contributed by atoms with Crippen molar-refractivity contribution in [1.82, 2.24) is 9.13 Å². The van der Waals surface area contributed by atoms with E-state index in [9.17, 15) is 0 Å². The summed E-state index contributed by atoms with van der Waals surface area (Å²) in [6, 6.07) is 96.0. The zero-order chi connectivity index (χ0) is 47.3. The summed E-state index contributed by atoms with van der Waals surface area (Å²) in [5.41, 5.74) is 15.2.